The van der Waals surface area contributed by atoms with Crippen molar-refractivity contribution in [3.63, 3.8) is 0 Å². The Balaban J connectivity index is 1.64. The summed E-state index contributed by atoms with van der Waals surface area (Å²) in [7, 11) is 1.19. The van der Waals surface area contributed by atoms with Gasteiger partial charge in [0.05, 0.1) is 30.2 Å². The molecule has 2 aromatic carbocycles. The molecule has 7 nitrogen and oxygen atoms in total. The molecule has 30 heavy (non-hydrogen) atoms. The van der Waals surface area contributed by atoms with E-state index < -0.39 is 17.8 Å². The van der Waals surface area contributed by atoms with E-state index in [9.17, 15) is 18.0 Å². The van der Waals surface area contributed by atoms with Crippen molar-refractivity contribution in [2.24, 2.45) is 0 Å². The van der Waals surface area contributed by atoms with Crippen LogP contribution in [0.25, 0.3) is 0 Å². The molecule has 0 aliphatic carbocycles. The predicted molar refractivity (Wildman–Crippen MR) is 105 cm³/mol. The summed E-state index contributed by atoms with van der Waals surface area (Å²) in [5.41, 5.74) is 4.59. The topological polar surface area (TPSA) is 66.1 Å². The van der Waals surface area contributed by atoms with E-state index in [1.807, 2.05) is 13.0 Å². The van der Waals surface area contributed by atoms with Gasteiger partial charge in [-0.3, -0.25) is 4.90 Å². The number of carbonyl (C=O) groups excluding carboxylic acids is 1. The fourth-order valence-corrected chi connectivity index (χ4v) is 3.50. The number of nitrogens with zero attached hydrogens (tertiary/aromatic N) is 2. The van der Waals surface area contributed by atoms with E-state index in [4.69, 9.17) is 9.57 Å². The molecule has 2 aliphatic rings. The number of aryl methyl sites for hydroxylation is 1. The summed E-state index contributed by atoms with van der Waals surface area (Å²) in [6.45, 7) is 2.13. The molecule has 2 amide bonds. The van der Waals surface area contributed by atoms with Crippen LogP contribution in [0.3, 0.4) is 0 Å². The first-order valence-corrected chi connectivity index (χ1v) is 9.12. The summed E-state index contributed by atoms with van der Waals surface area (Å²) in [6.07, 6.45) is -1.09. The molecule has 10 heteroatoms. The number of amides is 2. The number of hydrogen-bond donors (Lipinski definition) is 2. The number of halogens is 3. The molecule has 2 aromatic rings. The molecule has 4 rings (SSSR count). The Morgan fingerprint density at radius 3 is 2.70 bits per heavy atom. The maximum Gasteiger partial charge on any atom is 0.420 e. The number of anilines is 3. The lowest BCUT2D eigenvalue weighted by molar-refractivity contribution is -0.138. The number of benzene rings is 2. The zero-order chi connectivity index (χ0) is 21.5. The highest BCUT2D eigenvalue weighted by Gasteiger charge is 2.37. The molecule has 0 unspecified atom stereocenters. The van der Waals surface area contributed by atoms with Crippen molar-refractivity contribution in [2.45, 2.75) is 19.5 Å². The third-order valence-electron chi connectivity index (χ3n) is 4.93. The number of alkyl halides is 3. The summed E-state index contributed by atoms with van der Waals surface area (Å²) in [6, 6.07) is 7.22. The molecular formula is C20H19F3N4O3. The fourth-order valence-electron chi connectivity index (χ4n) is 3.50. The van der Waals surface area contributed by atoms with Gasteiger partial charge in [0.15, 0.2) is 0 Å². The van der Waals surface area contributed by atoms with Gasteiger partial charge < -0.3 is 14.9 Å². The lowest BCUT2D eigenvalue weighted by Gasteiger charge is -2.23. The molecule has 2 heterocycles. The van der Waals surface area contributed by atoms with Crippen molar-refractivity contribution in [2.75, 3.05) is 28.9 Å². The molecule has 0 radical (unpaired) electrons. The minimum absolute atomic E-state index is 0.220. The van der Waals surface area contributed by atoms with Crippen LogP contribution in [0.4, 0.5) is 35.0 Å². The summed E-state index contributed by atoms with van der Waals surface area (Å²) in [4.78, 5) is 19.3. The summed E-state index contributed by atoms with van der Waals surface area (Å²) < 4.78 is 45.2. The Morgan fingerprint density at radius 1 is 1.23 bits per heavy atom. The van der Waals surface area contributed by atoms with E-state index in [0.717, 1.165) is 11.6 Å². The highest BCUT2D eigenvalue weighted by molar-refractivity contribution is 6.05. The van der Waals surface area contributed by atoms with Gasteiger partial charge in [-0.15, -0.1) is 0 Å². The van der Waals surface area contributed by atoms with Gasteiger partial charge >= 0.3 is 12.2 Å². The predicted octanol–water partition coefficient (Wildman–Crippen LogP) is 4.34. The number of rotatable bonds is 3. The van der Waals surface area contributed by atoms with Crippen LogP contribution < -0.4 is 25.6 Å². The zero-order valence-corrected chi connectivity index (χ0v) is 16.2. The molecule has 0 saturated heterocycles. The third-order valence-corrected chi connectivity index (χ3v) is 4.93. The van der Waals surface area contributed by atoms with E-state index >= 15 is 0 Å². The van der Waals surface area contributed by atoms with E-state index in [2.05, 4.69) is 10.9 Å². The van der Waals surface area contributed by atoms with Crippen LogP contribution in [0.2, 0.25) is 0 Å². The highest BCUT2D eigenvalue weighted by atomic mass is 19.4. The van der Waals surface area contributed by atoms with Gasteiger partial charge in [-0.25, -0.2) is 9.80 Å². The van der Waals surface area contributed by atoms with Crippen molar-refractivity contribution >= 4 is 23.1 Å². The molecule has 2 aliphatic heterocycles. The summed E-state index contributed by atoms with van der Waals surface area (Å²) >= 11 is 0. The zero-order valence-electron chi connectivity index (χ0n) is 16.2. The molecule has 0 atom stereocenters. The molecule has 0 bridgehead atoms. The normalized spacial score (nSPS) is 15.2. The van der Waals surface area contributed by atoms with Gasteiger partial charge in [0.2, 0.25) is 0 Å². The number of urea groups is 1. The summed E-state index contributed by atoms with van der Waals surface area (Å²) in [5, 5.41) is 4.37. The molecule has 0 saturated carbocycles. The van der Waals surface area contributed by atoms with Gasteiger partial charge in [-0.1, -0.05) is 11.7 Å². The molecule has 2 N–H and O–H groups in total. The van der Waals surface area contributed by atoms with Crippen molar-refractivity contribution in [1.82, 2.24) is 5.59 Å². The van der Waals surface area contributed by atoms with Crippen LogP contribution in [0.15, 0.2) is 42.8 Å². The van der Waals surface area contributed by atoms with Gasteiger partial charge in [-0.05, 0) is 48.7 Å². The van der Waals surface area contributed by atoms with Crippen LogP contribution in [0.1, 0.15) is 16.7 Å². The maximum atomic E-state index is 13.4. The van der Waals surface area contributed by atoms with Crippen molar-refractivity contribution < 1.29 is 27.5 Å². The maximum absolute atomic E-state index is 13.4. The minimum Gasteiger partial charge on any atom is -0.496 e. The van der Waals surface area contributed by atoms with E-state index in [1.165, 1.54) is 24.3 Å². The van der Waals surface area contributed by atoms with Crippen molar-refractivity contribution in [3.8, 4) is 5.75 Å². The smallest absolute Gasteiger partial charge is 0.420 e. The number of carbonyl (C=O) groups is 1. The molecular weight excluding hydrogens is 401 g/mol. The number of ether oxygens (including phenoxy) is 1. The second-order valence-corrected chi connectivity index (χ2v) is 6.90. The Morgan fingerprint density at radius 2 is 2.03 bits per heavy atom. The first-order valence-electron chi connectivity index (χ1n) is 9.12. The number of hydrogen-bond acceptors (Lipinski definition) is 5. The second kappa shape index (κ2) is 7.45. The van der Waals surface area contributed by atoms with Gasteiger partial charge in [0, 0.05) is 12.2 Å². The first-order chi connectivity index (χ1) is 14.3. The SMILES string of the molecule is COc1cc2c(cc1C(F)(F)F)N(C(=O)Nc1cc(C)ccc1N1C=CON1)CC2. The van der Waals surface area contributed by atoms with E-state index in [-0.39, 0.29) is 18.0 Å². The lowest BCUT2D eigenvalue weighted by Crippen LogP contribution is -2.35. The quantitative estimate of drug-likeness (QED) is 0.773. The van der Waals surface area contributed by atoms with Gasteiger partial charge in [0.1, 0.15) is 12.0 Å². The Labute approximate surface area is 170 Å². The average molecular weight is 420 g/mol. The Kier molecular flexibility index (Phi) is 4.94. The number of hydrazine groups is 1. The van der Waals surface area contributed by atoms with Crippen LogP contribution in [-0.4, -0.2) is 19.7 Å². The van der Waals surface area contributed by atoms with Crippen molar-refractivity contribution in [1.29, 1.82) is 0 Å². The van der Waals surface area contributed by atoms with Crippen LogP contribution in [0, 0.1) is 6.92 Å². The third kappa shape index (κ3) is 3.61. The van der Waals surface area contributed by atoms with Crippen LogP contribution >= 0.6 is 0 Å². The van der Waals surface area contributed by atoms with Gasteiger partial charge in [0.25, 0.3) is 0 Å². The monoisotopic (exact) mass is 420 g/mol. The van der Waals surface area contributed by atoms with E-state index in [0.29, 0.717) is 23.4 Å². The Hall–Kier alpha value is -3.40. The fraction of sp³-hybridized carbons (Fsp3) is 0.250. The average Bonchev–Trinajstić information content (AvgIpc) is 3.36. The van der Waals surface area contributed by atoms with E-state index in [1.54, 1.807) is 23.3 Å². The number of nitrogens with one attached hydrogen (secondary N) is 2. The van der Waals surface area contributed by atoms with Crippen molar-refractivity contribution in [3.05, 3.63) is 59.5 Å². The molecule has 158 valence electrons. The highest BCUT2D eigenvalue weighted by Crippen LogP contribution is 2.42. The largest absolute Gasteiger partial charge is 0.496 e. The van der Waals surface area contributed by atoms with Crippen LogP contribution in [-0.2, 0) is 17.4 Å². The number of methoxy groups -OCH3 is 1. The lowest BCUT2D eigenvalue weighted by atomic mass is 10.1. The number of fused-ring (bicyclic) bond motifs is 1. The molecule has 0 aromatic heterocycles. The van der Waals surface area contributed by atoms with Gasteiger partial charge in [-0.2, -0.15) is 13.2 Å². The standard InChI is InChI=1S/C20H19F3N4O3/c1-12-3-4-16(27-7-8-30-25-27)15(9-12)24-19(28)26-6-5-13-10-18(29-2)14(11-17(13)26)20(21,22)23/h3-4,7-11,25H,5-6H2,1-2H3,(H,24,28). The molecule has 0 fully saturated rings. The Bertz CT molecular complexity index is 1020. The molecule has 0 spiro atoms. The van der Waals surface area contributed by atoms with Crippen LogP contribution in [0.5, 0.6) is 5.75 Å². The summed E-state index contributed by atoms with van der Waals surface area (Å²) in [5.74, 6) is -0.253. The first kappa shape index (κ1) is 19.9. The minimum atomic E-state index is -4.59. The second-order valence-electron chi connectivity index (χ2n) is 6.90.